The third-order valence-electron chi connectivity index (χ3n) is 3.44. The second-order valence-electron chi connectivity index (χ2n) is 5.18. The minimum atomic E-state index is -3.03. The van der Waals surface area contributed by atoms with Crippen molar-refractivity contribution in [1.29, 1.82) is 0 Å². The van der Waals surface area contributed by atoms with E-state index < -0.39 is 13.2 Å². The number of rotatable bonds is 7. The van der Waals surface area contributed by atoms with Crippen molar-refractivity contribution in [2.75, 3.05) is 7.11 Å². The van der Waals surface area contributed by atoms with Crippen LogP contribution in [0.4, 0.5) is 17.6 Å². The summed E-state index contributed by atoms with van der Waals surface area (Å²) in [5.74, 6) is -0.340. The molecule has 0 bridgehead atoms. The van der Waals surface area contributed by atoms with Gasteiger partial charge >= 0.3 is 13.2 Å². The first kappa shape index (κ1) is 19.9. The molecule has 0 N–H and O–H groups in total. The van der Waals surface area contributed by atoms with E-state index in [4.69, 9.17) is 9.15 Å². The number of hydrogen-bond acceptors (Lipinski definition) is 6. The van der Waals surface area contributed by atoms with Crippen LogP contribution in [0.15, 0.2) is 45.3 Å². The van der Waals surface area contributed by atoms with Crippen LogP contribution in [0.2, 0.25) is 0 Å². The lowest BCUT2D eigenvalue weighted by Crippen LogP contribution is -2.03. The summed E-state index contributed by atoms with van der Waals surface area (Å²) in [6.07, 6.45) is 0. The number of aromatic nitrogens is 2. The van der Waals surface area contributed by atoms with E-state index >= 15 is 0 Å². The molecule has 0 saturated heterocycles. The van der Waals surface area contributed by atoms with Crippen LogP contribution >= 0.6 is 15.9 Å². The average Bonchev–Trinajstić information content (AvgIpc) is 3.12. The van der Waals surface area contributed by atoms with Crippen LogP contribution in [0.25, 0.3) is 22.9 Å². The van der Waals surface area contributed by atoms with Crippen LogP contribution in [0.1, 0.15) is 0 Å². The number of ether oxygens (including phenoxy) is 3. The lowest BCUT2D eigenvalue weighted by molar-refractivity contribution is -0.0514. The summed E-state index contributed by atoms with van der Waals surface area (Å²) in [7, 11) is 1.28. The van der Waals surface area contributed by atoms with Crippen LogP contribution in [0.5, 0.6) is 17.2 Å². The zero-order chi connectivity index (χ0) is 20.3. The first-order valence-electron chi connectivity index (χ1n) is 7.59. The molecule has 0 atom stereocenters. The summed E-state index contributed by atoms with van der Waals surface area (Å²) in [5, 5.41) is 7.70. The van der Waals surface area contributed by atoms with Gasteiger partial charge in [0.05, 0.1) is 12.7 Å². The smallest absolute Gasteiger partial charge is 0.387 e. The molecule has 0 fully saturated rings. The predicted octanol–water partition coefficient (Wildman–Crippen LogP) is 5.38. The van der Waals surface area contributed by atoms with E-state index in [0.717, 1.165) is 0 Å². The molecule has 3 rings (SSSR count). The van der Waals surface area contributed by atoms with Gasteiger partial charge in [0, 0.05) is 10.0 Å². The second kappa shape index (κ2) is 8.46. The molecule has 0 aliphatic heterocycles. The molecular formula is C17H11BrF4N2O4. The van der Waals surface area contributed by atoms with Crippen LogP contribution in [0, 0.1) is 0 Å². The van der Waals surface area contributed by atoms with Gasteiger partial charge in [-0.15, -0.1) is 10.2 Å². The molecule has 0 amide bonds. The van der Waals surface area contributed by atoms with Crippen LogP contribution < -0.4 is 14.2 Å². The largest absolute Gasteiger partial charge is 0.493 e. The van der Waals surface area contributed by atoms with Gasteiger partial charge in [-0.3, -0.25) is 0 Å². The molecular weight excluding hydrogens is 452 g/mol. The van der Waals surface area contributed by atoms with Crippen molar-refractivity contribution in [2.45, 2.75) is 13.2 Å². The summed E-state index contributed by atoms with van der Waals surface area (Å²) in [6, 6.07) is 8.37. The molecule has 0 aliphatic rings. The Labute approximate surface area is 164 Å². The second-order valence-corrected chi connectivity index (χ2v) is 6.09. The minimum absolute atomic E-state index is 0.0138. The number of methoxy groups -OCH3 is 1. The molecule has 6 nitrogen and oxygen atoms in total. The van der Waals surface area contributed by atoms with Crippen molar-refractivity contribution >= 4 is 15.9 Å². The number of alkyl halides is 4. The van der Waals surface area contributed by atoms with E-state index in [1.54, 1.807) is 0 Å². The van der Waals surface area contributed by atoms with Gasteiger partial charge in [0.2, 0.25) is 5.89 Å². The maximum absolute atomic E-state index is 12.6. The summed E-state index contributed by atoms with van der Waals surface area (Å²) in [4.78, 5) is 0. The summed E-state index contributed by atoms with van der Waals surface area (Å²) < 4.78 is 70.0. The Hall–Kier alpha value is -2.82. The standard InChI is InChI=1S/C17H11BrF4N2O4/c1-25-13-6-8(2-4-12(13)27-17(21)22)14-23-24-15(28-14)10-7-9(18)3-5-11(10)26-16(19)20/h2-7,16-17H,1H3. The lowest BCUT2D eigenvalue weighted by atomic mass is 10.2. The SMILES string of the molecule is COc1cc(-c2nnc(-c3cc(Br)ccc3OC(F)F)o2)ccc1OC(F)F. The Kier molecular flexibility index (Phi) is 6.02. The van der Waals surface area contributed by atoms with Crippen molar-refractivity contribution in [2.24, 2.45) is 0 Å². The maximum atomic E-state index is 12.6. The Morgan fingerprint density at radius 2 is 1.50 bits per heavy atom. The van der Waals surface area contributed by atoms with Gasteiger partial charge in [-0.25, -0.2) is 0 Å². The van der Waals surface area contributed by atoms with Gasteiger partial charge in [-0.05, 0) is 36.4 Å². The fourth-order valence-electron chi connectivity index (χ4n) is 2.31. The summed E-state index contributed by atoms with van der Waals surface area (Å²) in [6.45, 7) is -6.05. The fourth-order valence-corrected chi connectivity index (χ4v) is 2.67. The predicted molar refractivity (Wildman–Crippen MR) is 92.7 cm³/mol. The molecule has 0 unspecified atom stereocenters. The van der Waals surface area contributed by atoms with E-state index in [2.05, 4.69) is 35.6 Å². The number of benzene rings is 2. The molecule has 28 heavy (non-hydrogen) atoms. The molecule has 148 valence electrons. The molecule has 0 radical (unpaired) electrons. The topological polar surface area (TPSA) is 66.6 Å². The zero-order valence-corrected chi connectivity index (χ0v) is 15.6. The van der Waals surface area contributed by atoms with E-state index in [1.807, 2.05) is 0 Å². The average molecular weight is 463 g/mol. The monoisotopic (exact) mass is 462 g/mol. The van der Waals surface area contributed by atoms with Gasteiger partial charge in [0.25, 0.3) is 5.89 Å². The van der Waals surface area contributed by atoms with Gasteiger partial charge < -0.3 is 18.6 Å². The number of nitrogens with zero attached hydrogens (tertiary/aromatic N) is 2. The molecule has 0 aliphatic carbocycles. The molecule has 0 spiro atoms. The first-order valence-corrected chi connectivity index (χ1v) is 8.38. The molecule has 0 saturated carbocycles. The molecule has 3 aromatic rings. The Bertz CT molecular complexity index is 968. The summed E-state index contributed by atoms with van der Waals surface area (Å²) in [5.41, 5.74) is 0.501. The number of hydrogen-bond donors (Lipinski definition) is 0. The normalized spacial score (nSPS) is 11.1. The first-order chi connectivity index (χ1) is 13.4. The quantitative estimate of drug-likeness (QED) is 0.439. The Morgan fingerprint density at radius 3 is 2.18 bits per heavy atom. The highest BCUT2D eigenvalue weighted by Gasteiger charge is 2.19. The third-order valence-corrected chi connectivity index (χ3v) is 3.93. The third kappa shape index (κ3) is 4.53. The molecule has 11 heteroatoms. The number of halogens is 5. The van der Waals surface area contributed by atoms with Crippen molar-refractivity contribution < 1.29 is 36.2 Å². The molecule has 1 aromatic heterocycles. The highest BCUT2D eigenvalue weighted by Crippen LogP contribution is 2.36. The van der Waals surface area contributed by atoms with Gasteiger partial charge in [-0.2, -0.15) is 17.6 Å². The summed E-state index contributed by atoms with van der Waals surface area (Å²) >= 11 is 3.23. The van der Waals surface area contributed by atoms with Crippen molar-refractivity contribution in [3.8, 4) is 40.2 Å². The van der Waals surface area contributed by atoms with Crippen molar-refractivity contribution in [3.63, 3.8) is 0 Å². The van der Waals surface area contributed by atoms with Crippen molar-refractivity contribution in [1.82, 2.24) is 10.2 Å². The van der Waals surface area contributed by atoms with Crippen LogP contribution in [-0.2, 0) is 0 Å². The minimum Gasteiger partial charge on any atom is -0.493 e. The highest BCUT2D eigenvalue weighted by atomic mass is 79.9. The maximum Gasteiger partial charge on any atom is 0.387 e. The van der Waals surface area contributed by atoms with Gasteiger partial charge in [0.1, 0.15) is 5.75 Å². The fraction of sp³-hybridized carbons (Fsp3) is 0.176. The van der Waals surface area contributed by atoms with E-state index in [0.29, 0.717) is 10.0 Å². The van der Waals surface area contributed by atoms with Crippen LogP contribution in [-0.4, -0.2) is 30.5 Å². The zero-order valence-electron chi connectivity index (χ0n) is 14.0. The van der Waals surface area contributed by atoms with E-state index in [9.17, 15) is 17.6 Å². The van der Waals surface area contributed by atoms with Crippen molar-refractivity contribution in [3.05, 3.63) is 40.9 Å². The van der Waals surface area contributed by atoms with E-state index in [-0.39, 0.29) is 34.6 Å². The van der Waals surface area contributed by atoms with E-state index in [1.165, 1.54) is 43.5 Å². The highest BCUT2D eigenvalue weighted by molar-refractivity contribution is 9.10. The lowest BCUT2D eigenvalue weighted by Gasteiger charge is -2.10. The van der Waals surface area contributed by atoms with Gasteiger partial charge in [0.15, 0.2) is 11.5 Å². The molecule has 2 aromatic carbocycles. The Balaban J connectivity index is 1.96. The van der Waals surface area contributed by atoms with Crippen LogP contribution in [0.3, 0.4) is 0 Å². The molecule has 1 heterocycles. The van der Waals surface area contributed by atoms with Gasteiger partial charge in [-0.1, -0.05) is 15.9 Å². The Morgan fingerprint density at radius 1 is 0.857 bits per heavy atom.